The Morgan fingerprint density at radius 3 is 1.41 bits per heavy atom. The Kier molecular flexibility index (Phi) is 17.7. The highest BCUT2D eigenvalue weighted by atomic mass is 16.6. The van der Waals surface area contributed by atoms with Gasteiger partial charge in [0.2, 0.25) is 0 Å². The smallest absolute Gasteiger partial charge is 0.324 e. The van der Waals surface area contributed by atoms with Gasteiger partial charge in [0.1, 0.15) is 0 Å². The van der Waals surface area contributed by atoms with Crippen molar-refractivity contribution in [2.75, 3.05) is 26.4 Å². The maximum absolute atomic E-state index is 13.0. The van der Waals surface area contributed by atoms with E-state index in [9.17, 15) is 19.2 Å². The van der Waals surface area contributed by atoms with Gasteiger partial charge in [0, 0.05) is 0 Å². The fraction of sp³-hybridized carbons (Fsp3) is 0.655. The molecule has 0 unspecified atom stereocenters. The van der Waals surface area contributed by atoms with Crippen LogP contribution in [0.25, 0.3) is 0 Å². The third-order valence-corrected chi connectivity index (χ3v) is 5.85. The molecule has 0 bridgehead atoms. The minimum absolute atomic E-state index is 0.0773. The van der Waals surface area contributed by atoms with Crippen molar-refractivity contribution < 1.29 is 38.1 Å². The molecule has 0 heterocycles. The van der Waals surface area contributed by atoms with Crippen LogP contribution >= 0.6 is 0 Å². The highest BCUT2D eigenvalue weighted by Gasteiger charge is 2.48. The van der Waals surface area contributed by atoms with Crippen LogP contribution in [0, 0.1) is 10.8 Å². The van der Waals surface area contributed by atoms with Gasteiger partial charge in [0.05, 0.1) is 26.4 Å². The third-order valence-electron chi connectivity index (χ3n) is 5.85. The number of hydrogen-bond donors (Lipinski definition) is 0. The van der Waals surface area contributed by atoms with Crippen LogP contribution in [-0.4, -0.2) is 50.3 Å². The summed E-state index contributed by atoms with van der Waals surface area (Å²) in [7, 11) is 0. The summed E-state index contributed by atoms with van der Waals surface area (Å²) in [6, 6.07) is 0. The van der Waals surface area contributed by atoms with Gasteiger partial charge >= 0.3 is 23.9 Å². The molecule has 37 heavy (non-hydrogen) atoms. The average molecular weight is 523 g/mol. The van der Waals surface area contributed by atoms with E-state index >= 15 is 0 Å². The lowest BCUT2D eigenvalue weighted by molar-refractivity contribution is -0.174. The third kappa shape index (κ3) is 10.5. The van der Waals surface area contributed by atoms with Gasteiger partial charge in [0.15, 0.2) is 10.8 Å². The Labute approximate surface area is 222 Å². The number of allylic oxidation sites excluding steroid dienone is 5. The Hall–Kier alpha value is -2.90. The zero-order valence-electron chi connectivity index (χ0n) is 23.3. The van der Waals surface area contributed by atoms with Crippen molar-refractivity contribution in [1.82, 2.24) is 0 Å². The molecule has 0 aliphatic rings. The van der Waals surface area contributed by atoms with Gasteiger partial charge in [-0.1, -0.05) is 43.7 Å². The first kappa shape index (κ1) is 34.1. The van der Waals surface area contributed by atoms with Crippen LogP contribution in [0.1, 0.15) is 86.0 Å². The van der Waals surface area contributed by atoms with Crippen molar-refractivity contribution in [3.8, 4) is 0 Å². The fourth-order valence-corrected chi connectivity index (χ4v) is 3.87. The Balaban J connectivity index is 5.68. The summed E-state index contributed by atoms with van der Waals surface area (Å²) in [5.74, 6) is -2.48. The second kappa shape index (κ2) is 19.2. The zero-order chi connectivity index (χ0) is 28.2. The Bertz CT molecular complexity index is 745. The number of esters is 4. The molecule has 0 atom stereocenters. The molecule has 0 saturated carbocycles. The summed E-state index contributed by atoms with van der Waals surface area (Å²) in [4.78, 5) is 51.4. The molecule has 0 saturated heterocycles. The standard InChI is InChI=1S/C29H46O8/c1-7-13-14-17-22-29(26(32)36-11-5,27(33)37-12-6)23-19-16-15-18-21-28(20-8-2,24(30)34-9-3)25(31)35-10-4/h8,14-15,17-18H,2,7,9-13,16,19-23H2,1,3-6H3/b17-14+,18-15+. The van der Waals surface area contributed by atoms with Crippen molar-refractivity contribution in [2.24, 2.45) is 10.8 Å². The van der Waals surface area contributed by atoms with Gasteiger partial charge in [-0.15, -0.1) is 6.58 Å². The second-order valence-electron chi connectivity index (χ2n) is 8.57. The summed E-state index contributed by atoms with van der Waals surface area (Å²) in [6.07, 6.45) is 12.2. The molecule has 0 amide bonds. The van der Waals surface area contributed by atoms with Crippen LogP contribution in [0.15, 0.2) is 37.0 Å². The SMILES string of the molecule is C=CCC(C/C=C/CCCC(C/C=C/CCC)(C(=O)OCC)C(=O)OCC)(C(=O)OCC)C(=O)OCC. The van der Waals surface area contributed by atoms with E-state index in [1.54, 1.807) is 33.8 Å². The minimum atomic E-state index is -1.51. The molecule has 0 fully saturated rings. The number of ether oxygens (including phenoxy) is 4. The molecule has 0 aromatic heterocycles. The molecule has 0 aliphatic carbocycles. The molecule has 0 rings (SSSR count). The topological polar surface area (TPSA) is 105 Å². The largest absolute Gasteiger partial charge is 0.465 e. The molecule has 0 aliphatic heterocycles. The summed E-state index contributed by atoms with van der Waals surface area (Å²) >= 11 is 0. The van der Waals surface area contributed by atoms with Crippen LogP contribution in [0.4, 0.5) is 0 Å². The van der Waals surface area contributed by atoms with E-state index in [1.165, 1.54) is 6.08 Å². The van der Waals surface area contributed by atoms with E-state index < -0.39 is 34.7 Å². The number of hydrogen-bond acceptors (Lipinski definition) is 8. The maximum atomic E-state index is 13.0. The Morgan fingerprint density at radius 2 is 1.00 bits per heavy atom. The predicted octanol–water partition coefficient (Wildman–Crippen LogP) is 5.65. The van der Waals surface area contributed by atoms with Crippen molar-refractivity contribution in [3.63, 3.8) is 0 Å². The van der Waals surface area contributed by atoms with Crippen molar-refractivity contribution >= 4 is 23.9 Å². The molecule has 210 valence electrons. The van der Waals surface area contributed by atoms with Crippen molar-refractivity contribution in [3.05, 3.63) is 37.0 Å². The second-order valence-corrected chi connectivity index (χ2v) is 8.57. The molecule has 0 aromatic carbocycles. The molecule has 0 radical (unpaired) electrons. The van der Waals surface area contributed by atoms with E-state index in [4.69, 9.17) is 18.9 Å². The predicted molar refractivity (Wildman–Crippen MR) is 142 cm³/mol. The van der Waals surface area contributed by atoms with Gasteiger partial charge in [-0.2, -0.15) is 0 Å². The van der Waals surface area contributed by atoms with E-state index in [2.05, 4.69) is 6.58 Å². The molecule has 0 spiro atoms. The number of carbonyl (C=O) groups is 4. The maximum Gasteiger partial charge on any atom is 0.324 e. The highest BCUT2D eigenvalue weighted by Crippen LogP contribution is 2.35. The van der Waals surface area contributed by atoms with Crippen LogP contribution in [0.3, 0.4) is 0 Å². The minimum Gasteiger partial charge on any atom is -0.465 e. The van der Waals surface area contributed by atoms with Crippen molar-refractivity contribution in [1.29, 1.82) is 0 Å². The number of unbranched alkanes of at least 4 members (excludes halogenated alkanes) is 2. The lowest BCUT2D eigenvalue weighted by Crippen LogP contribution is -2.42. The van der Waals surface area contributed by atoms with E-state index in [1.807, 2.05) is 25.2 Å². The average Bonchev–Trinajstić information content (AvgIpc) is 2.87. The van der Waals surface area contributed by atoms with Crippen LogP contribution < -0.4 is 0 Å². The van der Waals surface area contributed by atoms with Crippen molar-refractivity contribution in [2.45, 2.75) is 86.0 Å². The molecular formula is C29H46O8. The fourth-order valence-electron chi connectivity index (χ4n) is 3.87. The van der Waals surface area contributed by atoms with E-state index in [-0.39, 0.29) is 52.1 Å². The Morgan fingerprint density at radius 1 is 0.595 bits per heavy atom. The van der Waals surface area contributed by atoms with Gasteiger partial charge in [-0.25, -0.2) is 0 Å². The number of rotatable bonds is 20. The lowest BCUT2D eigenvalue weighted by atomic mass is 9.78. The van der Waals surface area contributed by atoms with Gasteiger partial charge < -0.3 is 18.9 Å². The summed E-state index contributed by atoms with van der Waals surface area (Å²) in [5.41, 5.74) is -2.93. The van der Waals surface area contributed by atoms with E-state index in [0.717, 1.165) is 12.8 Å². The number of carbonyl (C=O) groups excluding carboxylic acids is 4. The monoisotopic (exact) mass is 522 g/mol. The molecule has 0 aromatic rings. The molecule has 8 heteroatoms. The lowest BCUT2D eigenvalue weighted by Gasteiger charge is -2.28. The van der Waals surface area contributed by atoms with Crippen LogP contribution in [0.5, 0.6) is 0 Å². The van der Waals surface area contributed by atoms with Crippen LogP contribution in [-0.2, 0) is 38.1 Å². The van der Waals surface area contributed by atoms with Gasteiger partial charge in [-0.3, -0.25) is 19.2 Å². The molecule has 0 N–H and O–H groups in total. The first-order valence-electron chi connectivity index (χ1n) is 13.4. The molecular weight excluding hydrogens is 476 g/mol. The summed E-state index contributed by atoms with van der Waals surface area (Å²) < 4.78 is 20.9. The highest BCUT2D eigenvalue weighted by molar-refractivity contribution is 6.01. The summed E-state index contributed by atoms with van der Waals surface area (Å²) in [5, 5.41) is 0. The first-order chi connectivity index (χ1) is 17.8. The van der Waals surface area contributed by atoms with Gasteiger partial charge in [0.25, 0.3) is 0 Å². The summed E-state index contributed by atoms with van der Waals surface area (Å²) in [6.45, 7) is 13.1. The van der Waals surface area contributed by atoms with E-state index in [0.29, 0.717) is 12.8 Å². The van der Waals surface area contributed by atoms with Gasteiger partial charge in [-0.05, 0) is 72.6 Å². The zero-order valence-corrected chi connectivity index (χ0v) is 23.3. The molecule has 8 nitrogen and oxygen atoms in total. The normalized spacial score (nSPS) is 11.9. The van der Waals surface area contributed by atoms with Crippen LogP contribution in [0.2, 0.25) is 0 Å². The quantitative estimate of drug-likeness (QED) is 0.0664. The first-order valence-corrected chi connectivity index (χ1v) is 13.4.